The number of aromatic nitrogens is 1. The second-order valence-corrected chi connectivity index (χ2v) is 6.52. The fraction of sp³-hybridized carbons (Fsp3) is 0.500. The van der Waals surface area contributed by atoms with E-state index in [1.807, 2.05) is 6.92 Å². The number of fused-ring (bicyclic) bond motifs is 3. The van der Waals surface area contributed by atoms with Crippen molar-refractivity contribution in [3.8, 4) is 0 Å². The van der Waals surface area contributed by atoms with E-state index < -0.39 is 5.91 Å². The van der Waals surface area contributed by atoms with Gasteiger partial charge in [0.15, 0.2) is 11.3 Å². The molecule has 1 amide bonds. The van der Waals surface area contributed by atoms with Crippen LogP contribution in [0.1, 0.15) is 28.9 Å². The van der Waals surface area contributed by atoms with Crippen molar-refractivity contribution in [1.29, 1.82) is 0 Å². The topological polar surface area (TPSA) is 73.8 Å². The highest BCUT2D eigenvalue weighted by Gasteiger charge is 2.37. The Morgan fingerprint density at radius 1 is 1.50 bits per heavy atom. The Kier molecular flexibility index (Phi) is 3.25. The molecule has 6 nitrogen and oxygen atoms in total. The number of furan rings is 1. The van der Waals surface area contributed by atoms with E-state index >= 15 is 0 Å². The Bertz CT molecular complexity index is 714. The van der Waals surface area contributed by atoms with Crippen LogP contribution in [0.3, 0.4) is 0 Å². The Morgan fingerprint density at radius 3 is 3.18 bits per heavy atom. The van der Waals surface area contributed by atoms with Crippen LogP contribution >= 0.6 is 0 Å². The van der Waals surface area contributed by atoms with Gasteiger partial charge < -0.3 is 14.7 Å². The number of nitrogens with zero attached hydrogens (tertiary/aromatic N) is 2. The number of rotatable bonds is 2. The van der Waals surface area contributed by atoms with Crippen LogP contribution < -0.4 is 5.06 Å². The molecule has 4 heterocycles. The van der Waals surface area contributed by atoms with Crippen molar-refractivity contribution < 1.29 is 14.3 Å². The normalized spacial score (nSPS) is 28.9. The molecule has 4 rings (SSSR count). The van der Waals surface area contributed by atoms with Crippen LogP contribution in [0.2, 0.25) is 0 Å². The summed E-state index contributed by atoms with van der Waals surface area (Å²) < 4.78 is 5.33. The molecule has 2 saturated heterocycles. The number of quaternary nitrogens is 1. The molecule has 0 aliphatic carbocycles. The minimum atomic E-state index is -0.463. The fourth-order valence-corrected chi connectivity index (χ4v) is 3.75. The summed E-state index contributed by atoms with van der Waals surface area (Å²) in [6, 6.07) is 1.50. The SMILES string of the molecule is Cc1coc2cnc(C(=O)[NH+]([O-])C3CC4CCN(C4)C3)cc12. The first-order valence-electron chi connectivity index (χ1n) is 7.76. The van der Waals surface area contributed by atoms with Crippen LogP contribution in [-0.4, -0.2) is 41.5 Å². The van der Waals surface area contributed by atoms with Gasteiger partial charge in [-0.3, -0.25) is 4.90 Å². The van der Waals surface area contributed by atoms with E-state index in [4.69, 9.17) is 4.42 Å². The third kappa shape index (κ3) is 2.24. The van der Waals surface area contributed by atoms with Gasteiger partial charge in [0.1, 0.15) is 6.04 Å². The standard InChI is InChI=1S/C16H19N3O3/c1-10-9-22-15-6-17-14(5-13(10)15)16(20)19(21)12-4-11-2-3-18(7-11)8-12/h5-6,9,11-12,19H,2-4,7-8H2,1H3. The van der Waals surface area contributed by atoms with Crippen molar-refractivity contribution in [2.75, 3.05) is 19.6 Å². The van der Waals surface area contributed by atoms with Gasteiger partial charge in [-0.05, 0) is 37.4 Å². The maximum Gasteiger partial charge on any atom is 0.362 e. The average Bonchev–Trinajstić information content (AvgIpc) is 3.08. The third-order valence-corrected chi connectivity index (χ3v) is 4.95. The van der Waals surface area contributed by atoms with Crippen molar-refractivity contribution in [3.05, 3.63) is 35.0 Å². The Labute approximate surface area is 128 Å². The molecule has 0 aromatic carbocycles. The Morgan fingerprint density at radius 2 is 2.36 bits per heavy atom. The van der Waals surface area contributed by atoms with Crippen LogP contribution in [0.4, 0.5) is 0 Å². The largest absolute Gasteiger partial charge is 0.626 e. The van der Waals surface area contributed by atoms with E-state index in [0.717, 1.165) is 36.9 Å². The van der Waals surface area contributed by atoms with E-state index in [-0.39, 0.29) is 16.8 Å². The first-order chi connectivity index (χ1) is 10.6. The molecule has 22 heavy (non-hydrogen) atoms. The molecule has 4 unspecified atom stereocenters. The molecule has 2 fully saturated rings. The first-order valence-corrected chi connectivity index (χ1v) is 7.76. The van der Waals surface area contributed by atoms with Gasteiger partial charge in [0.05, 0.1) is 19.0 Å². The van der Waals surface area contributed by atoms with Crippen molar-refractivity contribution in [1.82, 2.24) is 9.88 Å². The summed E-state index contributed by atoms with van der Waals surface area (Å²) in [6.45, 7) is 4.76. The van der Waals surface area contributed by atoms with Crippen LogP contribution in [0, 0.1) is 18.0 Å². The van der Waals surface area contributed by atoms with Gasteiger partial charge in [-0.15, -0.1) is 0 Å². The monoisotopic (exact) mass is 301 g/mol. The number of piperidine rings is 1. The molecule has 2 aliphatic rings. The number of hydrogen-bond acceptors (Lipinski definition) is 5. The molecular weight excluding hydrogens is 282 g/mol. The van der Waals surface area contributed by atoms with Gasteiger partial charge in [-0.2, -0.15) is 0 Å². The Hall–Kier alpha value is -1.76. The lowest BCUT2D eigenvalue weighted by Gasteiger charge is -2.35. The molecule has 0 spiro atoms. The second kappa shape index (κ2) is 5.15. The van der Waals surface area contributed by atoms with Gasteiger partial charge in [-0.1, -0.05) is 0 Å². The number of aryl methyl sites for hydroxylation is 1. The predicted molar refractivity (Wildman–Crippen MR) is 80.4 cm³/mol. The second-order valence-electron chi connectivity index (χ2n) is 6.52. The van der Waals surface area contributed by atoms with Crippen LogP contribution in [0.25, 0.3) is 11.0 Å². The smallest absolute Gasteiger partial charge is 0.362 e. The van der Waals surface area contributed by atoms with Gasteiger partial charge in [0, 0.05) is 18.4 Å². The van der Waals surface area contributed by atoms with Gasteiger partial charge in [0.25, 0.3) is 0 Å². The molecule has 1 N–H and O–H groups in total. The lowest BCUT2D eigenvalue weighted by atomic mass is 9.96. The number of carbonyl (C=O) groups is 1. The quantitative estimate of drug-likeness (QED) is 0.829. The average molecular weight is 301 g/mol. The maximum absolute atomic E-state index is 12.5. The number of nitrogens with one attached hydrogen (secondary N) is 1. The van der Waals surface area contributed by atoms with E-state index in [1.165, 1.54) is 6.20 Å². The fourth-order valence-electron chi connectivity index (χ4n) is 3.75. The zero-order chi connectivity index (χ0) is 15.3. The number of hydrogen-bond donors (Lipinski definition) is 1. The molecular formula is C16H19N3O3. The van der Waals surface area contributed by atoms with Crippen LogP contribution in [0.5, 0.6) is 0 Å². The molecule has 2 aliphatic heterocycles. The number of amides is 1. The van der Waals surface area contributed by atoms with E-state index in [1.54, 1.807) is 12.3 Å². The molecule has 2 aromatic heterocycles. The predicted octanol–water partition coefficient (Wildman–Crippen LogP) is 0.753. The van der Waals surface area contributed by atoms with Crippen molar-refractivity contribution in [3.63, 3.8) is 0 Å². The van der Waals surface area contributed by atoms with Gasteiger partial charge in [0.2, 0.25) is 0 Å². The molecule has 0 saturated carbocycles. The molecule has 0 radical (unpaired) electrons. The van der Waals surface area contributed by atoms with Gasteiger partial charge in [-0.25, -0.2) is 9.78 Å². The lowest BCUT2D eigenvalue weighted by Crippen LogP contribution is -3.15. The zero-order valence-electron chi connectivity index (χ0n) is 12.5. The molecule has 6 heteroatoms. The summed E-state index contributed by atoms with van der Waals surface area (Å²) in [4.78, 5) is 18.9. The highest BCUT2D eigenvalue weighted by atomic mass is 16.5. The van der Waals surface area contributed by atoms with Crippen molar-refractivity contribution in [2.45, 2.75) is 25.8 Å². The number of hydroxylamine groups is 2. The van der Waals surface area contributed by atoms with Gasteiger partial charge >= 0.3 is 5.91 Å². The highest BCUT2D eigenvalue weighted by Crippen LogP contribution is 2.26. The van der Waals surface area contributed by atoms with E-state index in [2.05, 4.69) is 9.88 Å². The van der Waals surface area contributed by atoms with Crippen molar-refractivity contribution >= 4 is 16.9 Å². The summed E-state index contributed by atoms with van der Waals surface area (Å²) in [7, 11) is 0. The van der Waals surface area contributed by atoms with Crippen LogP contribution in [0.15, 0.2) is 22.9 Å². The first kappa shape index (κ1) is 13.9. The third-order valence-electron chi connectivity index (χ3n) is 4.95. The summed E-state index contributed by atoms with van der Waals surface area (Å²) in [5.41, 5.74) is 1.82. The zero-order valence-corrected chi connectivity index (χ0v) is 12.5. The Balaban J connectivity index is 1.58. The van der Waals surface area contributed by atoms with Crippen molar-refractivity contribution in [2.24, 2.45) is 5.92 Å². The number of pyridine rings is 1. The summed E-state index contributed by atoms with van der Waals surface area (Å²) in [6.07, 6.45) is 5.15. The highest BCUT2D eigenvalue weighted by molar-refractivity contribution is 5.91. The van der Waals surface area contributed by atoms with Crippen LogP contribution in [-0.2, 0) is 0 Å². The lowest BCUT2D eigenvalue weighted by molar-refractivity contribution is -0.790. The van der Waals surface area contributed by atoms with E-state index in [0.29, 0.717) is 18.0 Å². The molecule has 116 valence electrons. The minimum absolute atomic E-state index is 0.170. The number of carbonyl (C=O) groups excluding carboxylic acids is 1. The van der Waals surface area contributed by atoms with E-state index in [9.17, 15) is 10.0 Å². The molecule has 2 bridgehead atoms. The molecule has 4 atom stereocenters. The minimum Gasteiger partial charge on any atom is -0.626 e. The maximum atomic E-state index is 12.5. The summed E-state index contributed by atoms with van der Waals surface area (Å²) >= 11 is 0. The summed E-state index contributed by atoms with van der Waals surface area (Å²) in [5, 5.41) is 13.1. The summed E-state index contributed by atoms with van der Waals surface area (Å²) in [5.74, 6) is 0.108. The molecule has 2 aromatic rings.